The van der Waals surface area contributed by atoms with Crippen molar-refractivity contribution in [3.8, 4) is 0 Å². The number of amides is 4. The summed E-state index contributed by atoms with van der Waals surface area (Å²) < 4.78 is 0. The van der Waals surface area contributed by atoms with Gasteiger partial charge < -0.3 is 37.8 Å². The Balaban J connectivity index is 4.58. The van der Waals surface area contributed by atoms with Crippen molar-refractivity contribution < 1.29 is 29.1 Å². The van der Waals surface area contributed by atoms with Crippen molar-refractivity contribution in [2.24, 2.45) is 11.5 Å². The molecule has 0 aromatic rings. The van der Waals surface area contributed by atoms with Crippen molar-refractivity contribution in [3.63, 3.8) is 0 Å². The van der Waals surface area contributed by atoms with E-state index >= 15 is 0 Å². The van der Waals surface area contributed by atoms with Gasteiger partial charge in [-0.05, 0) is 71.9 Å². The molecular formula is C34H66N6O6. The van der Waals surface area contributed by atoms with E-state index in [1.807, 2.05) is 0 Å². The summed E-state index contributed by atoms with van der Waals surface area (Å²) in [6, 6.07) is -3.91. The monoisotopic (exact) mass is 655 g/mol. The Hall–Kier alpha value is -2.73. The molecule has 0 saturated heterocycles. The first kappa shape index (κ1) is 43.3. The first-order valence-electron chi connectivity index (χ1n) is 17.9. The van der Waals surface area contributed by atoms with Crippen molar-refractivity contribution in [2.45, 2.75) is 173 Å². The lowest BCUT2D eigenvalue weighted by Gasteiger charge is -2.23. The Labute approximate surface area is 277 Å². The van der Waals surface area contributed by atoms with Crippen LogP contribution in [0.1, 0.15) is 149 Å². The molecule has 0 aliphatic carbocycles. The highest BCUT2D eigenvalue weighted by atomic mass is 16.4. The predicted octanol–water partition coefficient (Wildman–Crippen LogP) is 3.79. The number of carboxylic acid groups (broad SMARTS) is 1. The van der Waals surface area contributed by atoms with Crippen molar-refractivity contribution in [1.82, 2.24) is 21.3 Å². The number of hydrogen-bond donors (Lipinski definition) is 7. The summed E-state index contributed by atoms with van der Waals surface area (Å²) in [5.74, 6) is -3.10. The fourth-order valence-electron chi connectivity index (χ4n) is 5.16. The molecule has 0 radical (unpaired) electrons. The van der Waals surface area contributed by atoms with E-state index in [0.717, 1.165) is 19.3 Å². The van der Waals surface area contributed by atoms with Gasteiger partial charge in [0.05, 0.1) is 0 Å². The molecule has 4 amide bonds. The molecule has 46 heavy (non-hydrogen) atoms. The molecule has 12 nitrogen and oxygen atoms in total. The molecule has 0 spiro atoms. The average molecular weight is 655 g/mol. The number of carboxylic acids is 1. The number of nitrogens with two attached hydrogens (primary N) is 2. The lowest BCUT2D eigenvalue weighted by molar-refractivity contribution is -0.142. The first-order valence-corrected chi connectivity index (χ1v) is 17.9. The summed E-state index contributed by atoms with van der Waals surface area (Å²) in [4.78, 5) is 62.5. The van der Waals surface area contributed by atoms with Crippen LogP contribution in [0.2, 0.25) is 0 Å². The van der Waals surface area contributed by atoms with E-state index in [4.69, 9.17) is 11.5 Å². The Morgan fingerprint density at radius 1 is 0.522 bits per heavy atom. The van der Waals surface area contributed by atoms with E-state index < -0.39 is 47.9 Å². The first-order chi connectivity index (χ1) is 22.1. The molecule has 0 aliphatic heterocycles. The molecule has 0 heterocycles. The Kier molecular flexibility index (Phi) is 26.8. The second-order valence-corrected chi connectivity index (χ2v) is 12.5. The molecule has 0 rings (SSSR count). The van der Waals surface area contributed by atoms with Gasteiger partial charge in [0.15, 0.2) is 0 Å². The van der Waals surface area contributed by atoms with Gasteiger partial charge in [0.1, 0.15) is 24.2 Å². The summed E-state index contributed by atoms with van der Waals surface area (Å²) in [5.41, 5.74) is 11.1. The van der Waals surface area contributed by atoms with Gasteiger partial charge in [-0.3, -0.25) is 19.2 Å². The minimum atomic E-state index is -1.17. The van der Waals surface area contributed by atoms with Crippen LogP contribution in [0, 0.1) is 0 Å². The molecule has 0 aliphatic rings. The van der Waals surface area contributed by atoms with Crippen molar-refractivity contribution >= 4 is 29.6 Å². The molecule has 0 aromatic carbocycles. The van der Waals surface area contributed by atoms with Crippen LogP contribution in [-0.2, 0) is 24.0 Å². The van der Waals surface area contributed by atoms with Crippen LogP contribution < -0.4 is 32.7 Å². The topological polar surface area (TPSA) is 206 Å². The van der Waals surface area contributed by atoms with Crippen LogP contribution in [-0.4, -0.2) is 72.0 Å². The zero-order valence-electron chi connectivity index (χ0n) is 29.0. The van der Waals surface area contributed by atoms with Crippen LogP contribution in [0.25, 0.3) is 0 Å². The molecule has 268 valence electrons. The van der Waals surface area contributed by atoms with Gasteiger partial charge in [0.2, 0.25) is 23.6 Å². The number of rotatable bonds is 30. The van der Waals surface area contributed by atoms with Crippen LogP contribution in [0.5, 0.6) is 0 Å². The van der Waals surface area contributed by atoms with Crippen LogP contribution in [0.3, 0.4) is 0 Å². The van der Waals surface area contributed by atoms with Gasteiger partial charge in [0, 0.05) is 6.42 Å². The highest BCUT2D eigenvalue weighted by Crippen LogP contribution is 2.13. The minimum Gasteiger partial charge on any atom is -0.480 e. The standard InChI is InChI=1S/C34H66N6O6/c1-4-5-6-7-8-9-10-11-12-13-14-15-16-23-30(41)39-28(21-17-19-24-35)33(44)38-26(2)31(42)37-27(3)32(43)40-29(34(45)46)22-18-20-25-36/h26-29H,4-25,35-36H2,1-3H3,(H,37,42)(H,38,44)(H,39,41)(H,40,43)(H,45,46)/t26-,27+,28-,29-/m0/s1. The van der Waals surface area contributed by atoms with Crippen LogP contribution in [0.15, 0.2) is 0 Å². The summed E-state index contributed by atoms with van der Waals surface area (Å²) in [7, 11) is 0. The maximum Gasteiger partial charge on any atom is 0.326 e. The molecule has 9 N–H and O–H groups in total. The lowest BCUT2D eigenvalue weighted by atomic mass is 10.0. The number of hydrogen-bond acceptors (Lipinski definition) is 7. The molecule has 0 aromatic heterocycles. The summed E-state index contributed by atoms with van der Waals surface area (Å²) in [6.45, 7) is 6.05. The summed E-state index contributed by atoms with van der Waals surface area (Å²) >= 11 is 0. The second kappa shape index (κ2) is 28.5. The number of unbranched alkanes of at least 4 members (excludes halogenated alkanes) is 14. The Morgan fingerprint density at radius 3 is 1.39 bits per heavy atom. The Bertz CT molecular complexity index is 858. The van der Waals surface area contributed by atoms with Gasteiger partial charge in [-0.15, -0.1) is 0 Å². The fourth-order valence-corrected chi connectivity index (χ4v) is 5.16. The van der Waals surface area contributed by atoms with E-state index in [1.165, 1.54) is 78.1 Å². The van der Waals surface area contributed by atoms with Crippen molar-refractivity contribution in [3.05, 3.63) is 0 Å². The third-order valence-electron chi connectivity index (χ3n) is 8.17. The zero-order valence-corrected chi connectivity index (χ0v) is 29.0. The van der Waals surface area contributed by atoms with Crippen molar-refractivity contribution in [1.29, 1.82) is 0 Å². The van der Waals surface area contributed by atoms with Crippen LogP contribution in [0.4, 0.5) is 0 Å². The number of carbonyl (C=O) groups excluding carboxylic acids is 4. The largest absolute Gasteiger partial charge is 0.480 e. The quantitative estimate of drug-likeness (QED) is 0.0566. The second-order valence-electron chi connectivity index (χ2n) is 12.5. The maximum atomic E-state index is 13.1. The number of carbonyl (C=O) groups is 5. The normalized spacial score (nSPS) is 13.7. The predicted molar refractivity (Wildman–Crippen MR) is 183 cm³/mol. The van der Waals surface area contributed by atoms with Gasteiger partial charge in [-0.2, -0.15) is 0 Å². The van der Waals surface area contributed by atoms with Gasteiger partial charge >= 0.3 is 5.97 Å². The van der Waals surface area contributed by atoms with E-state index in [9.17, 15) is 29.1 Å². The molecular weight excluding hydrogens is 588 g/mol. The van der Waals surface area contributed by atoms with E-state index in [2.05, 4.69) is 28.2 Å². The SMILES string of the molecule is CCCCCCCCCCCCCCCC(=O)N[C@@H](CCCCN)C(=O)N[C@@H](C)C(=O)N[C@H](C)C(=O)N[C@@H](CCCCN)C(=O)O. The molecule has 0 saturated carbocycles. The highest BCUT2D eigenvalue weighted by molar-refractivity contribution is 5.94. The van der Waals surface area contributed by atoms with E-state index in [1.54, 1.807) is 0 Å². The van der Waals surface area contributed by atoms with E-state index in [-0.39, 0.29) is 12.3 Å². The highest BCUT2D eigenvalue weighted by Gasteiger charge is 2.27. The maximum absolute atomic E-state index is 13.1. The van der Waals surface area contributed by atoms with E-state index in [0.29, 0.717) is 51.6 Å². The number of nitrogens with one attached hydrogen (secondary N) is 4. The van der Waals surface area contributed by atoms with Gasteiger partial charge in [0.25, 0.3) is 0 Å². The molecule has 0 fully saturated rings. The third-order valence-corrected chi connectivity index (χ3v) is 8.17. The smallest absolute Gasteiger partial charge is 0.326 e. The molecule has 0 unspecified atom stereocenters. The summed E-state index contributed by atoms with van der Waals surface area (Å²) in [6.07, 6.45) is 19.3. The molecule has 4 atom stereocenters. The van der Waals surface area contributed by atoms with Gasteiger partial charge in [-0.1, -0.05) is 84.0 Å². The summed E-state index contributed by atoms with van der Waals surface area (Å²) in [5, 5.41) is 19.8. The number of aliphatic carboxylic acids is 1. The average Bonchev–Trinajstić information content (AvgIpc) is 3.02. The third kappa shape index (κ3) is 22.7. The fraction of sp³-hybridized carbons (Fsp3) is 0.853. The zero-order chi connectivity index (χ0) is 34.6. The minimum absolute atomic E-state index is 0.196. The van der Waals surface area contributed by atoms with Gasteiger partial charge in [-0.25, -0.2) is 4.79 Å². The molecule has 12 heteroatoms. The molecule has 0 bridgehead atoms. The van der Waals surface area contributed by atoms with Crippen LogP contribution >= 0.6 is 0 Å². The Morgan fingerprint density at radius 2 is 0.935 bits per heavy atom. The van der Waals surface area contributed by atoms with Crippen molar-refractivity contribution in [2.75, 3.05) is 13.1 Å². The lowest BCUT2D eigenvalue weighted by Crippen LogP contribution is -2.56.